The van der Waals surface area contributed by atoms with Crippen LogP contribution in [-0.2, 0) is 16.4 Å². The van der Waals surface area contributed by atoms with Crippen LogP contribution in [0.15, 0.2) is 24.3 Å². The van der Waals surface area contributed by atoms with Gasteiger partial charge in [-0.3, -0.25) is 0 Å². The predicted molar refractivity (Wildman–Crippen MR) is 79.6 cm³/mol. The third-order valence-corrected chi connectivity index (χ3v) is 3.71. The van der Waals surface area contributed by atoms with Crippen LogP contribution in [-0.4, -0.2) is 32.8 Å². The average Bonchev–Trinajstić information content (AvgIpc) is 2.23. The Hall–Kier alpha value is -0.980. The van der Waals surface area contributed by atoms with Crippen LogP contribution < -0.4 is 10.0 Å². The summed E-state index contributed by atoms with van der Waals surface area (Å²) in [4.78, 5) is 0. The standard InChI is InChI=1S/C14H23FN2O2S/c1-11(8-12-6-5-7-13(15)9-12)16-10-14(2,3)17-20(4,18)19/h5-7,9,11,16-17H,8,10H2,1-4H3. The average molecular weight is 302 g/mol. The molecule has 0 amide bonds. The fourth-order valence-electron chi connectivity index (χ4n) is 2.06. The lowest BCUT2D eigenvalue weighted by molar-refractivity contribution is 0.394. The molecular formula is C14H23FN2O2S. The Morgan fingerprint density at radius 3 is 2.55 bits per heavy atom. The summed E-state index contributed by atoms with van der Waals surface area (Å²) in [6.45, 7) is 6.11. The summed E-state index contributed by atoms with van der Waals surface area (Å²) in [5.74, 6) is -0.242. The second-order valence-electron chi connectivity index (χ2n) is 5.87. The highest BCUT2D eigenvalue weighted by atomic mass is 32.2. The van der Waals surface area contributed by atoms with Gasteiger partial charge in [-0.05, 0) is 44.9 Å². The fraction of sp³-hybridized carbons (Fsp3) is 0.571. The summed E-state index contributed by atoms with van der Waals surface area (Å²) in [6, 6.07) is 6.62. The monoisotopic (exact) mass is 302 g/mol. The number of nitrogens with one attached hydrogen (secondary N) is 2. The van der Waals surface area contributed by atoms with Gasteiger partial charge in [0.15, 0.2) is 0 Å². The molecule has 2 N–H and O–H groups in total. The molecule has 4 nitrogen and oxygen atoms in total. The van der Waals surface area contributed by atoms with E-state index in [4.69, 9.17) is 0 Å². The first-order valence-electron chi connectivity index (χ1n) is 6.54. The molecule has 0 aliphatic heterocycles. The second kappa shape index (κ2) is 6.65. The summed E-state index contributed by atoms with van der Waals surface area (Å²) in [7, 11) is -3.23. The van der Waals surface area contributed by atoms with Crippen molar-refractivity contribution >= 4 is 10.0 Å². The van der Waals surface area contributed by atoms with Crippen molar-refractivity contribution in [3.05, 3.63) is 35.6 Å². The zero-order valence-electron chi connectivity index (χ0n) is 12.4. The van der Waals surface area contributed by atoms with Crippen LogP contribution in [0.4, 0.5) is 4.39 Å². The minimum absolute atomic E-state index is 0.123. The molecule has 20 heavy (non-hydrogen) atoms. The number of benzene rings is 1. The smallest absolute Gasteiger partial charge is 0.209 e. The van der Waals surface area contributed by atoms with Crippen LogP contribution in [0.5, 0.6) is 0 Å². The molecule has 0 saturated heterocycles. The van der Waals surface area contributed by atoms with Gasteiger partial charge in [-0.15, -0.1) is 0 Å². The first-order chi connectivity index (χ1) is 9.07. The molecule has 0 heterocycles. The van der Waals surface area contributed by atoms with Crippen molar-refractivity contribution in [2.75, 3.05) is 12.8 Å². The lowest BCUT2D eigenvalue weighted by atomic mass is 10.0. The zero-order valence-corrected chi connectivity index (χ0v) is 13.2. The molecule has 1 aromatic carbocycles. The van der Waals surface area contributed by atoms with Crippen LogP contribution in [0.3, 0.4) is 0 Å². The Balaban J connectivity index is 2.49. The molecule has 0 bridgehead atoms. The van der Waals surface area contributed by atoms with E-state index in [1.54, 1.807) is 6.07 Å². The molecule has 1 rings (SSSR count). The summed E-state index contributed by atoms with van der Waals surface area (Å²) < 4.78 is 38.1. The lowest BCUT2D eigenvalue weighted by Gasteiger charge is -2.27. The molecule has 0 saturated carbocycles. The molecule has 1 aromatic rings. The number of hydrogen-bond acceptors (Lipinski definition) is 3. The summed E-state index contributed by atoms with van der Waals surface area (Å²) in [5, 5.41) is 3.26. The van der Waals surface area contributed by atoms with Crippen molar-refractivity contribution in [1.82, 2.24) is 10.0 Å². The van der Waals surface area contributed by atoms with Gasteiger partial charge in [-0.25, -0.2) is 17.5 Å². The van der Waals surface area contributed by atoms with Gasteiger partial charge in [-0.1, -0.05) is 12.1 Å². The minimum atomic E-state index is -3.23. The van der Waals surface area contributed by atoms with E-state index in [9.17, 15) is 12.8 Å². The third-order valence-electron chi connectivity index (χ3n) is 2.79. The Morgan fingerprint density at radius 1 is 1.35 bits per heavy atom. The highest BCUT2D eigenvalue weighted by Crippen LogP contribution is 2.08. The summed E-state index contributed by atoms with van der Waals surface area (Å²) >= 11 is 0. The first-order valence-corrected chi connectivity index (χ1v) is 8.43. The zero-order chi connectivity index (χ0) is 15.4. The first kappa shape index (κ1) is 17.1. The maximum absolute atomic E-state index is 13.1. The van der Waals surface area contributed by atoms with Gasteiger partial charge in [0.1, 0.15) is 5.82 Å². The van der Waals surface area contributed by atoms with Gasteiger partial charge in [0.05, 0.1) is 6.26 Å². The largest absolute Gasteiger partial charge is 0.312 e. The molecular weight excluding hydrogens is 279 g/mol. The van der Waals surface area contributed by atoms with E-state index in [2.05, 4.69) is 10.0 Å². The minimum Gasteiger partial charge on any atom is -0.312 e. The molecule has 0 aliphatic rings. The summed E-state index contributed by atoms with van der Waals surface area (Å²) in [6.07, 6.45) is 1.83. The predicted octanol–water partition coefficient (Wildman–Crippen LogP) is 1.67. The second-order valence-corrected chi connectivity index (χ2v) is 7.62. The number of rotatable bonds is 7. The van der Waals surface area contributed by atoms with Gasteiger partial charge < -0.3 is 5.32 Å². The van der Waals surface area contributed by atoms with Crippen LogP contribution in [0.1, 0.15) is 26.3 Å². The van der Waals surface area contributed by atoms with E-state index in [0.717, 1.165) is 11.8 Å². The van der Waals surface area contributed by atoms with Crippen LogP contribution in [0.25, 0.3) is 0 Å². The van der Waals surface area contributed by atoms with Gasteiger partial charge in [0.25, 0.3) is 0 Å². The van der Waals surface area contributed by atoms with E-state index < -0.39 is 15.6 Å². The highest BCUT2D eigenvalue weighted by Gasteiger charge is 2.22. The van der Waals surface area contributed by atoms with E-state index in [1.165, 1.54) is 12.1 Å². The molecule has 1 unspecified atom stereocenters. The van der Waals surface area contributed by atoms with Gasteiger partial charge >= 0.3 is 0 Å². The summed E-state index contributed by atoms with van der Waals surface area (Å²) in [5.41, 5.74) is 0.350. The maximum Gasteiger partial charge on any atom is 0.209 e. The number of hydrogen-bond donors (Lipinski definition) is 2. The SMILES string of the molecule is CC(Cc1cccc(F)c1)NCC(C)(C)NS(C)(=O)=O. The fourth-order valence-corrected chi connectivity index (χ4v) is 3.13. The Bertz CT molecular complexity index is 544. The van der Waals surface area contributed by atoms with Crippen molar-refractivity contribution in [2.24, 2.45) is 0 Å². The molecule has 6 heteroatoms. The Morgan fingerprint density at radius 2 is 2.00 bits per heavy atom. The number of sulfonamides is 1. The van der Waals surface area contributed by atoms with Crippen molar-refractivity contribution in [2.45, 2.75) is 38.8 Å². The molecule has 1 atom stereocenters. The van der Waals surface area contributed by atoms with Gasteiger partial charge in [-0.2, -0.15) is 0 Å². The Kier molecular flexibility index (Phi) is 5.68. The van der Waals surface area contributed by atoms with Gasteiger partial charge in [0.2, 0.25) is 10.0 Å². The highest BCUT2D eigenvalue weighted by molar-refractivity contribution is 7.88. The number of halogens is 1. The molecule has 114 valence electrons. The van der Waals surface area contributed by atoms with E-state index in [1.807, 2.05) is 26.8 Å². The van der Waals surface area contributed by atoms with E-state index in [-0.39, 0.29) is 11.9 Å². The topological polar surface area (TPSA) is 58.2 Å². The molecule has 0 radical (unpaired) electrons. The van der Waals surface area contributed by atoms with Gasteiger partial charge in [0, 0.05) is 18.1 Å². The normalized spacial score (nSPS) is 14.2. The third kappa shape index (κ3) is 6.98. The molecule has 0 fully saturated rings. The van der Waals surface area contributed by atoms with Crippen molar-refractivity contribution < 1.29 is 12.8 Å². The molecule has 0 aliphatic carbocycles. The Labute approximate surface area is 120 Å². The van der Waals surface area contributed by atoms with E-state index >= 15 is 0 Å². The molecule has 0 aromatic heterocycles. The van der Waals surface area contributed by atoms with E-state index in [0.29, 0.717) is 13.0 Å². The van der Waals surface area contributed by atoms with Crippen molar-refractivity contribution in [3.8, 4) is 0 Å². The lowest BCUT2D eigenvalue weighted by Crippen LogP contribution is -2.51. The van der Waals surface area contributed by atoms with Crippen molar-refractivity contribution in [3.63, 3.8) is 0 Å². The quantitative estimate of drug-likeness (QED) is 0.805. The van der Waals surface area contributed by atoms with Crippen molar-refractivity contribution in [1.29, 1.82) is 0 Å². The van der Waals surface area contributed by atoms with Crippen LogP contribution in [0.2, 0.25) is 0 Å². The van der Waals surface area contributed by atoms with Crippen LogP contribution >= 0.6 is 0 Å². The molecule has 0 spiro atoms. The maximum atomic E-state index is 13.1. The van der Waals surface area contributed by atoms with Crippen LogP contribution in [0, 0.1) is 5.82 Å².